The molecule has 2 atom stereocenters. The first-order chi connectivity index (χ1) is 20.2. The van der Waals surface area contributed by atoms with Crippen molar-refractivity contribution in [1.29, 1.82) is 0 Å². The molecule has 3 aromatic rings. The van der Waals surface area contributed by atoms with Crippen LogP contribution in [0.25, 0.3) is 16.5 Å². The highest BCUT2D eigenvalue weighted by Crippen LogP contribution is 2.47. The van der Waals surface area contributed by atoms with E-state index >= 15 is 0 Å². The van der Waals surface area contributed by atoms with Gasteiger partial charge >= 0.3 is 0 Å². The summed E-state index contributed by atoms with van der Waals surface area (Å²) in [6.45, 7) is 0.570. The molecule has 2 N–H and O–H groups in total. The van der Waals surface area contributed by atoms with Gasteiger partial charge in [0.25, 0.3) is 0 Å². The van der Waals surface area contributed by atoms with Crippen molar-refractivity contribution in [3.05, 3.63) is 83.0 Å². The van der Waals surface area contributed by atoms with Crippen molar-refractivity contribution in [2.45, 2.75) is 56.0 Å². The summed E-state index contributed by atoms with van der Waals surface area (Å²) < 4.78 is 44.2. The maximum Gasteiger partial charge on any atom is 0.248 e. The number of ether oxygens (including phenoxy) is 1. The standard InChI is InChI=1S/C31H33FN2O6S2/c32-24-11-13-25(14-12-24)33-28(35)17-8-22-6-9-23(10-7-22)26-15-16-27(41-26)31(18-2-4-20-42(31,37)38)21-29(36)34-40-30-5-1-3-19-39-30/h6-17,30H,1-5,18-21H2,(H,33,35)(H,34,36)/t30?,31-/m0/s1. The number of hydroxylamine groups is 1. The van der Waals surface area contributed by atoms with Crippen LogP contribution in [0, 0.1) is 5.82 Å². The number of nitrogens with one attached hydrogen (secondary N) is 2. The Balaban J connectivity index is 1.27. The molecule has 1 unspecified atom stereocenters. The first-order valence-corrected chi connectivity index (χ1v) is 16.4. The van der Waals surface area contributed by atoms with Crippen LogP contribution in [-0.4, -0.2) is 38.9 Å². The molecule has 2 saturated heterocycles. The Morgan fingerprint density at radius 2 is 1.81 bits per heavy atom. The third-order valence-corrected chi connectivity index (χ3v) is 11.6. The Labute approximate surface area is 248 Å². The fourth-order valence-electron chi connectivity index (χ4n) is 5.23. The van der Waals surface area contributed by atoms with Gasteiger partial charge in [0, 0.05) is 34.5 Å². The number of benzene rings is 2. The second-order valence-electron chi connectivity index (χ2n) is 10.5. The molecule has 0 radical (unpaired) electrons. The van der Waals surface area contributed by atoms with E-state index < -0.39 is 26.8 Å². The molecule has 0 saturated carbocycles. The summed E-state index contributed by atoms with van der Waals surface area (Å²) in [5.74, 6) is -1.16. The zero-order valence-corrected chi connectivity index (χ0v) is 24.6. The minimum absolute atomic E-state index is 0.0376. The van der Waals surface area contributed by atoms with E-state index in [0.29, 0.717) is 42.9 Å². The van der Waals surface area contributed by atoms with E-state index in [0.717, 1.165) is 28.8 Å². The van der Waals surface area contributed by atoms with Crippen LogP contribution in [0.5, 0.6) is 0 Å². The number of hydrogen-bond acceptors (Lipinski definition) is 7. The summed E-state index contributed by atoms with van der Waals surface area (Å²) in [7, 11) is -3.60. The average molecular weight is 613 g/mol. The van der Waals surface area contributed by atoms with Gasteiger partial charge in [-0.1, -0.05) is 30.7 Å². The predicted octanol–water partition coefficient (Wildman–Crippen LogP) is 5.96. The van der Waals surface area contributed by atoms with E-state index in [9.17, 15) is 22.4 Å². The van der Waals surface area contributed by atoms with Crippen molar-refractivity contribution in [3.8, 4) is 10.4 Å². The summed E-state index contributed by atoms with van der Waals surface area (Å²) in [6, 6.07) is 16.8. The molecule has 0 aliphatic carbocycles. The van der Waals surface area contributed by atoms with E-state index in [4.69, 9.17) is 9.57 Å². The molecule has 2 amide bonds. The molecule has 5 rings (SSSR count). The van der Waals surface area contributed by atoms with E-state index in [1.165, 1.54) is 41.7 Å². The van der Waals surface area contributed by atoms with Gasteiger partial charge in [-0.3, -0.25) is 9.59 Å². The largest absolute Gasteiger partial charge is 0.350 e. The van der Waals surface area contributed by atoms with Crippen LogP contribution < -0.4 is 10.8 Å². The zero-order chi connectivity index (χ0) is 29.6. The highest BCUT2D eigenvalue weighted by Gasteiger charge is 2.49. The molecule has 11 heteroatoms. The monoisotopic (exact) mass is 612 g/mol. The molecule has 0 bridgehead atoms. The third kappa shape index (κ3) is 7.15. The summed E-state index contributed by atoms with van der Waals surface area (Å²) in [5.41, 5.74) is 4.63. The number of carbonyl (C=O) groups excluding carboxylic acids is 2. The van der Waals surface area contributed by atoms with Crippen LogP contribution in [0.2, 0.25) is 0 Å². The Hall–Kier alpha value is -3.38. The van der Waals surface area contributed by atoms with Crippen LogP contribution in [-0.2, 0) is 33.7 Å². The highest BCUT2D eigenvalue weighted by molar-refractivity contribution is 7.92. The smallest absolute Gasteiger partial charge is 0.248 e. The molecule has 2 fully saturated rings. The van der Waals surface area contributed by atoms with Gasteiger partial charge in [0.05, 0.1) is 12.2 Å². The molecule has 0 spiro atoms. The lowest BCUT2D eigenvalue weighted by molar-refractivity contribution is -0.200. The lowest BCUT2D eigenvalue weighted by atomic mass is 9.94. The van der Waals surface area contributed by atoms with Crippen LogP contribution in [0.4, 0.5) is 10.1 Å². The van der Waals surface area contributed by atoms with Gasteiger partial charge in [-0.05, 0) is 79.3 Å². The van der Waals surface area contributed by atoms with Crippen LogP contribution in [0.3, 0.4) is 0 Å². The first kappa shape index (κ1) is 30.1. The second kappa shape index (κ2) is 13.3. The normalized spacial score (nSPS) is 22.1. The number of rotatable bonds is 9. The molecule has 2 aliphatic heterocycles. The maximum absolute atomic E-state index is 13.5. The SMILES string of the molecule is O=C(C=Cc1ccc(-c2ccc([C@@]3(CC(=O)NOC4CCCCO4)CCCCS3(=O)=O)s2)cc1)Nc1ccc(F)cc1. The van der Waals surface area contributed by atoms with Crippen LogP contribution >= 0.6 is 11.3 Å². The van der Waals surface area contributed by atoms with E-state index in [1.54, 1.807) is 6.08 Å². The fourth-order valence-corrected chi connectivity index (χ4v) is 9.02. The number of amides is 2. The Morgan fingerprint density at radius 1 is 1.02 bits per heavy atom. The minimum Gasteiger partial charge on any atom is -0.350 e. The topological polar surface area (TPSA) is 111 Å². The lowest BCUT2D eigenvalue weighted by Crippen LogP contribution is -2.45. The van der Waals surface area contributed by atoms with E-state index in [2.05, 4.69) is 10.8 Å². The van der Waals surface area contributed by atoms with Crippen molar-refractivity contribution in [2.24, 2.45) is 0 Å². The molecule has 3 heterocycles. The minimum atomic E-state index is -3.60. The van der Waals surface area contributed by atoms with Crippen LogP contribution in [0.15, 0.2) is 66.7 Å². The highest BCUT2D eigenvalue weighted by atomic mass is 32.2. The molecular formula is C31H33FN2O6S2. The molecular weight excluding hydrogens is 579 g/mol. The number of anilines is 1. The van der Waals surface area contributed by atoms with Crippen LogP contribution in [0.1, 0.15) is 55.4 Å². The second-order valence-corrected chi connectivity index (χ2v) is 14.0. The van der Waals surface area contributed by atoms with Crippen molar-refractivity contribution in [1.82, 2.24) is 5.48 Å². The van der Waals surface area contributed by atoms with Gasteiger partial charge in [-0.15, -0.1) is 11.3 Å². The number of halogens is 1. The van der Waals surface area contributed by atoms with Crippen molar-refractivity contribution in [3.63, 3.8) is 0 Å². The van der Waals surface area contributed by atoms with Crippen molar-refractivity contribution < 1.29 is 32.0 Å². The molecule has 42 heavy (non-hydrogen) atoms. The quantitative estimate of drug-likeness (QED) is 0.228. The summed E-state index contributed by atoms with van der Waals surface area (Å²) >= 11 is 1.37. The predicted molar refractivity (Wildman–Crippen MR) is 161 cm³/mol. The molecule has 1 aromatic heterocycles. The van der Waals surface area contributed by atoms with Crippen molar-refractivity contribution >= 4 is 44.8 Å². The van der Waals surface area contributed by atoms with E-state index in [1.807, 2.05) is 36.4 Å². The number of hydrogen-bond donors (Lipinski definition) is 2. The lowest BCUT2D eigenvalue weighted by Gasteiger charge is -2.35. The average Bonchev–Trinajstić information content (AvgIpc) is 3.49. The number of thiophene rings is 1. The van der Waals surface area contributed by atoms with Crippen molar-refractivity contribution in [2.75, 3.05) is 17.7 Å². The van der Waals surface area contributed by atoms with Gasteiger partial charge in [-0.2, -0.15) is 0 Å². The number of sulfone groups is 1. The van der Waals surface area contributed by atoms with Gasteiger partial charge in [-0.25, -0.2) is 23.1 Å². The molecule has 8 nitrogen and oxygen atoms in total. The fraction of sp³-hybridized carbons (Fsp3) is 0.355. The first-order valence-electron chi connectivity index (χ1n) is 14.0. The summed E-state index contributed by atoms with van der Waals surface area (Å²) in [5, 5.41) is 2.68. The number of carbonyl (C=O) groups is 2. The summed E-state index contributed by atoms with van der Waals surface area (Å²) in [4.78, 5) is 32.1. The zero-order valence-electron chi connectivity index (χ0n) is 23.0. The Bertz CT molecular complexity index is 1530. The van der Waals surface area contributed by atoms with E-state index in [-0.39, 0.29) is 23.9 Å². The van der Waals surface area contributed by atoms with Gasteiger partial charge in [0.15, 0.2) is 16.1 Å². The van der Waals surface area contributed by atoms with Gasteiger partial charge < -0.3 is 10.1 Å². The molecule has 2 aliphatic rings. The Kier molecular flexibility index (Phi) is 9.52. The van der Waals surface area contributed by atoms with Gasteiger partial charge in [0.2, 0.25) is 11.8 Å². The Morgan fingerprint density at radius 3 is 2.52 bits per heavy atom. The molecule has 222 valence electrons. The summed E-state index contributed by atoms with van der Waals surface area (Å²) in [6.07, 6.45) is 6.56. The maximum atomic E-state index is 13.5. The van der Waals surface area contributed by atoms with Gasteiger partial charge in [0.1, 0.15) is 10.6 Å². The third-order valence-electron chi connectivity index (χ3n) is 7.52. The molecule has 2 aromatic carbocycles.